The molecule has 0 radical (unpaired) electrons. The molecule has 6 heteroatoms. The summed E-state index contributed by atoms with van der Waals surface area (Å²) >= 11 is 0. The Morgan fingerprint density at radius 3 is 1.97 bits per heavy atom. The van der Waals surface area contributed by atoms with E-state index in [-0.39, 0.29) is 27.9 Å². The van der Waals surface area contributed by atoms with Gasteiger partial charge in [-0.1, -0.05) is 47.5 Å². The Bertz CT molecular complexity index is 1200. The maximum absolute atomic E-state index is 13.1. The van der Waals surface area contributed by atoms with Gasteiger partial charge in [0.2, 0.25) is 15.7 Å². The number of hydrogen-bond donors (Lipinski definition) is 2. The average molecular weight is 424 g/mol. The second kappa shape index (κ2) is 8.32. The fourth-order valence-corrected chi connectivity index (χ4v) is 4.57. The van der Waals surface area contributed by atoms with Crippen LogP contribution < -0.4 is 5.32 Å². The van der Waals surface area contributed by atoms with Gasteiger partial charge in [0.1, 0.15) is 10.6 Å². The number of aromatic hydroxyl groups is 1. The summed E-state index contributed by atoms with van der Waals surface area (Å²) in [5.74, 6) is -0.560. The van der Waals surface area contributed by atoms with E-state index in [0.717, 1.165) is 16.7 Å². The van der Waals surface area contributed by atoms with Crippen LogP contribution in [-0.2, 0) is 21.1 Å². The molecule has 30 heavy (non-hydrogen) atoms. The van der Waals surface area contributed by atoms with Gasteiger partial charge < -0.3 is 10.4 Å². The predicted octanol–water partition coefficient (Wildman–Crippen LogP) is 4.64. The molecule has 3 aromatic carbocycles. The van der Waals surface area contributed by atoms with Gasteiger partial charge in [0, 0.05) is 5.69 Å². The molecule has 0 saturated heterocycles. The van der Waals surface area contributed by atoms with Crippen molar-refractivity contribution in [2.24, 2.45) is 0 Å². The third-order valence-corrected chi connectivity index (χ3v) is 6.99. The number of nitrogens with one attached hydrogen (secondary N) is 1. The summed E-state index contributed by atoms with van der Waals surface area (Å²) in [6, 6.07) is 15.4. The monoisotopic (exact) mass is 423 g/mol. The van der Waals surface area contributed by atoms with Gasteiger partial charge in [-0.2, -0.15) is 0 Å². The van der Waals surface area contributed by atoms with Crippen molar-refractivity contribution in [1.82, 2.24) is 0 Å². The van der Waals surface area contributed by atoms with Gasteiger partial charge in [-0.15, -0.1) is 0 Å². The van der Waals surface area contributed by atoms with E-state index in [9.17, 15) is 18.3 Å². The topological polar surface area (TPSA) is 83.5 Å². The summed E-state index contributed by atoms with van der Waals surface area (Å²) in [6.45, 7) is 7.21. The lowest BCUT2D eigenvalue weighted by Gasteiger charge is -2.16. The average Bonchev–Trinajstić information content (AvgIpc) is 2.70. The van der Waals surface area contributed by atoms with E-state index in [1.165, 1.54) is 18.2 Å². The second-order valence-electron chi connectivity index (χ2n) is 7.55. The van der Waals surface area contributed by atoms with Gasteiger partial charge in [-0.25, -0.2) is 8.42 Å². The lowest BCUT2D eigenvalue weighted by atomic mass is 10.1. The number of amides is 1. The molecule has 0 saturated carbocycles. The van der Waals surface area contributed by atoms with E-state index in [1.807, 2.05) is 38.1 Å². The number of benzene rings is 3. The molecule has 3 rings (SSSR count). The molecule has 0 aliphatic carbocycles. The zero-order valence-electron chi connectivity index (χ0n) is 17.5. The summed E-state index contributed by atoms with van der Waals surface area (Å²) < 4.78 is 26.2. The SMILES string of the molecule is Cc1ccc(CC(=O)Nc2cc(S(=O)(=O)c3ccc(C)cc3)c(O)c(C)c2C)cc1. The minimum atomic E-state index is -3.95. The number of carbonyl (C=O) groups is 1. The first-order valence-electron chi connectivity index (χ1n) is 9.60. The largest absolute Gasteiger partial charge is 0.506 e. The van der Waals surface area contributed by atoms with Crippen LogP contribution in [0.1, 0.15) is 27.8 Å². The molecule has 0 aliphatic rings. The van der Waals surface area contributed by atoms with E-state index in [0.29, 0.717) is 16.8 Å². The Hall–Kier alpha value is -3.12. The minimum absolute atomic E-state index is 0.0867. The van der Waals surface area contributed by atoms with Crippen molar-refractivity contribution in [3.63, 3.8) is 0 Å². The highest BCUT2D eigenvalue weighted by atomic mass is 32.2. The summed E-state index contributed by atoms with van der Waals surface area (Å²) in [5, 5.41) is 13.4. The molecule has 3 aromatic rings. The normalized spacial score (nSPS) is 11.3. The van der Waals surface area contributed by atoms with Gasteiger partial charge in [-0.3, -0.25) is 4.79 Å². The van der Waals surface area contributed by atoms with Crippen molar-refractivity contribution in [2.75, 3.05) is 5.32 Å². The molecule has 2 N–H and O–H groups in total. The maximum atomic E-state index is 13.1. The minimum Gasteiger partial charge on any atom is -0.506 e. The van der Waals surface area contributed by atoms with Crippen molar-refractivity contribution in [3.05, 3.63) is 82.4 Å². The fraction of sp³-hybridized carbons (Fsp3) is 0.208. The number of anilines is 1. The first-order chi connectivity index (χ1) is 14.1. The first-order valence-corrected chi connectivity index (χ1v) is 11.1. The Morgan fingerprint density at radius 1 is 0.867 bits per heavy atom. The van der Waals surface area contributed by atoms with E-state index in [2.05, 4.69) is 5.32 Å². The Balaban J connectivity index is 1.96. The molecular weight excluding hydrogens is 398 g/mol. The van der Waals surface area contributed by atoms with Crippen LogP contribution in [0.2, 0.25) is 0 Å². The van der Waals surface area contributed by atoms with E-state index in [1.54, 1.807) is 26.0 Å². The summed E-state index contributed by atoms with van der Waals surface area (Å²) in [6.07, 6.45) is 0.166. The third kappa shape index (κ3) is 4.39. The van der Waals surface area contributed by atoms with Crippen molar-refractivity contribution in [3.8, 4) is 5.75 Å². The predicted molar refractivity (Wildman–Crippen MR) is 118 cm³/mol. The number of phenolic OH excluding ortho intramolecular Hbond substituents is 1. The highest BCUT2D eigenvalue weighted by Gasteiger charge is 2.25. The van der Waals surface area contributed by atoms with Crippen LogP contribution >= 0.6 is 0 Å². The fourth-order valence-electron chi connectivity index (χ4n) is 3.14. The van der Waals surface area contributed by atoms with Crippen LogP contribution in [0.25, 0.3) is 0 Å². The van der Waals surface area contributed by atoms with Gasteiger partial charge in [-0.05, 0) is 62.6 Å². The Morgan fingerprint density at radius 2 is 1.40 bits per heavy atom. The van der Waals surface area contributed by atoms with Crippen molar-refractivity contribution >= 4 is 21.4 Å². The zero-order chi connectivity index (χ0) is 22.1. The van der Waals surface area contributed by atoms with Crippen molar-refractivity contribution < 1.29 is 18.3 Å². The molecule has 156 valence electrons. The second-order valence-corrected chi connectivity index (χ2v) is 9.47. The summed E-state index contributed by atoms with van der Waals surface area (Å²) in [7, 11) is -3.95. The lowest BCUT2D eigenvalue weighted by Crippen LogP contribution is -2.16. The highest BCUT2D eigenvalue weighted by Crippen LogP contribution is 2.37. The third-order valence-electron chi connectivity index (χ3n) is 5.21. The number of rotatable bonds is 5. The van der Waals surface area contributed by atoms with Crippen LogP contribution in [0, 0.1) is 27.7 Å². The van der Waals surface area contributed by atoms with E-state index in [4.69, 9.17) is 0 Å². The van der Waals surface area contributed by atoms with Crippen molar-refractivity contribution in [1.29, 1.82) is 0 Å². The number of phenols is 1. The molecule has 0 heterocycles. The van der Waals surface area contributed by atoms with Crippen LogP contribution in [0.3, 0.4) is 0 Å². The van der Waals surface area contributed by atoms with Gasteiger partial charge in [0.15, 0.2) is 0 Å². The smallest absolute Gasteiger partial charge is 0.228 e. The molecule has 0 fully saturated rings. The first kappa shape index (κ1) is 21.6. The maximum Gasteiger partial charge on any atom is 0.228 e. The Labute approximate surface area is 177 Å². The molecular formula is C24H25NO4S. The quantitative estimate of drug-likeness (QED) is 0.586. The van der Waals surface area contributed by atoms with Gasteiger partial charge in [0.25, 0.3) is 0 Å². The lowest BCUT2D eigenvalue weighted by molar-refractivity contribution is -0.115. The molecule has 1 amide bonds. The molecule has 5 nitrogen and oxygen atoms in total. The molecule has 0 unspecified atom stereocenters. The van der Waals surface area contributed by atoms with E-state index >= 15 is 0 Å². The molecule has 0 bridgehead atoms. The van der Waals surface area contributed by atoms with Crippen molar-refractivity contribution in [2.45, 2.75) is 43.9 Å². The van der Waals surface area contributed by atoms with Crippen LogP contribution in [0.5, 0.6) is 5.75 Å². The summed E-state index contributed by atoms with van der Waals surface area (Å²) in [5.41, 5.74) is 4.30. The summed E-state index contributed by atoms with van der Waals surface area (Å²) in [4.78, 5) is 12.4. The number of carbonyl (C=O) groups excluding carboxylic acids is 1. The zero-order valence-corrected chi connectivity index (χ0v) is 18.3. The Kier molecular flexibility index (Phi) is 5.99. The van der Waals surface area contributed by atoms with Gasteiger partial charge >= 0.3 is 0 Å². The highest BCUT2D eigenvalue weighted by molar-refractivity contribution is 7.91. The molecule has 0 aliphatic heterocycles. The number of hydrogen-bond acceptors (Lipinski definition) is 4. The molecule has 0 atom stereocenters. The van der Waals surface area contributed by atoms with Crippen LogP contribution in [0.4, 0.5) is 5.69 Å². The van der Waals surface area contributed by atoms with Crippen LogP contribution in [0.15, 0.2) is 64.4 Å². The standard InChI is InChI=1S/C24H25NO4S/c1-15-5-9-19(10-6-15)13-23(26)25-21-14-22(24(27)18(4)17(21)3)30(28,29)20-11-7-16(2)8-12-20/h5-12,14,27H,13H2,1-4H3,(H,25,26). The van der Waals surface area contributed by atoms with Crippen LogP contribution in [-0.4, -0.2) is 19.4 Å². The molecule has 0 spiro atoms. The van der Waals surface area contributed by atoms with Gasteiger partial charge in [0.05, 0.1) is 11.3 Å². The molecule has 0 aromatic heterocycles. The number of aryl methyl sites for hydroxylation is 2. The van der Waals surface area contributed by atoms with E-state index < -0.39 is 9.84 Å². The number of sulfone groups is 1.